The third kappa shape index (κ3) is 5.85. The van der Waals surface area contributed by atoms with Gasteiger partial charge in [-0.15, -0.1) is 0 Å². The third-order valence-corrected chi connectivity index (χ3v) is 4.00. The van der Waals surface area contributed by atoms with Gasteiger partial charge in [0.25, 0.3) is 0 Å². The van der Waals surface area contributed by atoms with Crippen LogP contribution in [0.2, 0.25) is 0 Å². The summed E-state index contributed by atoms with van der Waals surface area (Å²) < 4.78 is 27.1. The highest BCUT2D eigenvalue weighted by molar-refractivity contribution is 7.90. The second-order valence-corrected chi connectivity index (χ2v) is 7.19. The fourth-order valence-corrected chi connectivity index (χ4v) is 2.54. The topological polar surface area (TPSA) is 136 Å². The number of carboxylic acids is 1. The quantitative estimate of drug-likeness (QED) is 0.520. The largest absolute Gasteiger partial charge is 0.479 e. The van der Waals surface area contributed by atoms with Crippen molar-refractivity contribution < 1.29 is 27.9 Å². The Morgan fingerprint density at radius 1 is 1.45 bits per heavy atom. The van der Waals surface area contributed by atoms with Gasteiger partial charge in [-0.2, -0.15) is 0 Å². The number of hydrogen-bond donors (Lipinski definition) is 3. The van der Waals surface area contributed by atoms with Crippen LogP contribution in [-0.4, -0.2) is 62.2 Å². The summed E-state index contributed by atoms with van der Waals surface area (Å²) >= 11 is 0. The van der Waals surface area contributed by atoms with Gasteiger partial charge in [0.1, 0.15) is 9.84 Å². The van der Waals surface area contributed by atoms with Crippen molar-refractivity contribution in [3.05, 3.63) is 0 Å². The minimum atomic E-state index is -3.15. The van der Waals surface area contributed by atoms with Crippen molar-refractivity contribution in [3.8, 4) is 0 Å². The summed E-state index contributed by atoms with van der Waals surface area (Å²) in [5.41, 5.74) is 5.57. The number of ether oxygens (including phenoxy) is 1. The number of carbonyl (C=O) groups is 2. The zero-order valence-electron chi connectivity index (χ0n) is 11.2. The molecule has 1 amide bonds. The van der Waals surface area contributed by atoms with E-state index < -0.39 is 33.9 Å². The van der Waals surface area contributed by atoms with Crippen LogP contribution in [0.25, 0.3) is 0 Å². The highest BCUT2D eigenvalue weighted by Crippen LogP contribution is 2.19. The summed E-state index contributed by atoms with van der Waals surface area (Å²) in [4.78, 5) is 22.3. The first-order valence-corrected chi connectivity index (χ1v) is 8.34. The molecule has 0 bridgehead atoms. The molecule has 1 rings (SSSR count). The number of sulfone groups is 1. The number of amides is 1. The molecule has 3 unspecified atom stereocenters. The Morgan fingerprint density at radius 2 is 2.10 bits per heavy atom. The molecule has 0 aliphatic carbocycles. The van der Waals surface area contributed by atoms with Crippen LogP contribution in [-0.2, 0) is 24.2 Å². The molecule has 1 heterocycles. The van der Waals surface area contributed by atoms with Gasteiger partial charge in [0.05, 0.1) is 17.9 Å². The van der Waals surface area contributed by atoms with Crippen molar-refractivity contribution in [2.75, 3.05) is 18.6 Å². The highest BCUT2D eigenvalue weighted by Gasteiger charge is 2.30. The van der Waals surface area contributed by atoms with Crippen molar-refractivity contribution in [1.29, 1.82) is 0 Å². The van der Waals surface area contributed by atoms with E-state index in [0.29, 0.717) is 12.8 Å². The molecule has 8 nitrogen and oxygen atoms in total. The van der Waals surface area contributed by atoms with Gasteiger partial charge in [-0.05, 0) is 19.3 Å². The molecule has 0 aromatic rings. The molecule has 0 saturated carbocycles. The number of carbonyl (C=O) groups excluding carboxylic acids is 1. The summed E-state index contributed by atoms with van der Waals surface area (Å²) in [6.45, 7) is 0.176. The lowest BCUT2D eigenvalue weighted by atomic mass is 10.2. The van der Waals surface area contributed by atoms with Gasteiger partial charge < -0.3 is 20.9 Å². The summed E-state index contributed by atoms with van der Waals surface area (Å²) in [5.74, 6) is -1.62. The zero-order valence-corrected chi connectivity index (χ0v) is 12.1. The van der Waals surface area contributed by atoms with Crippen LogP contribution >= 0.6 is 0 Å². The number of nitrogens with one attached hydrogen (secondary N) is 1. The second kappa shape index (κ2) is 7.00. The van der Waals surface area contributed by atoms with Crippen molar-refractivity contribution in [1.82, 2.24) is 5.32 Å². The van der Waals surface area contributed by atoms with Crippen LogP contribution in [0, 0.1) is 0 Å². The van der Waals surface area contributed by atoms with Gasteiger partial charge in [0.15, 0.2) is 6.10 Å². The Bertz CT molecular complexity index is 464. The Labute approximate surface area is 117 Å². The predicted octanol–water partition coefficient (Wildman–Crippen LogP) is -1.50. The van der Waals surface area contributed by atoms with Gasteiger partial charge in [-0.1, -0.05) is 0 Å². The molecule has 1 aliphatic rings. The van der Waals surface area contributed by atoms with E-state index in [-0.39, 0.29) is 24.8 Å². The molecule has 1 saturated heterocycles. The van der Waals surface area contributed by atoms with Gasteiger partial charge >= 0.3 is 5.97 Å². The average molecular weight is 308 g/mol. The number of hydrogen-bond acceptors (Lipinski definition) is 6. The molecule has 0 aromatic heterocycles. The van der Waals surface area contributed by atoms with Crippen LogP contribution in [0.15, 0.2) is 0 Å². The lowest BCUT2D eigenvalue weighted by molar-refractivity contribution is -0.149. The number of carboxylic acid groups (broad SMARTS) is 1. The average Bonchev–Trinajstić information content (AvgIpc) is 2.81. The smallest absolute Gasteiger partial charge is 0.332 e. The van der Waals surface area contributed by atoms with Crippen LogP contribution < -0.4 is 11.1 Å². The highest BCUT2D eigenvalue weighted by atomic mass is 32.2. The second-order valence-electron chi connectivity index (χ2n) is 4.93. The van der Waals surface area contributed by atoms with E-state index in [1.165, 1.54) is 0 Å². The molecule has 1 fully saturated rings. The summed E-state index contributed by atoms with van der Waals surface area (Å²) in [7, 11) is -3.15. The van der Waals surface area contributed by atoms with Crippen molar-refractivity contribution >= 4 is 21.7 Å². The van der Waals surface area contributed by atoms with Crippen molar-refractivity contribution in [3.63, 3.8) is 0 Å². The van der Waals surface area contributed by atoms with Gasteiger partial charge in [0.2, 0.25) is 5.91 Å². The number of aliphatic carboxylic acids is 1. The van der Waals surface area contributed by atoms with E-state index in [0.717, 1.165) is 6.26 Å². The normalized spacial score (nSPS) is 24.3. The van der Waals surface area contributed by atoms with E-state index in [9.17, 15) is 18.0 Å². The molecule has 116 valence electrons. The van der Waals surface area contributed by atoms with Gasteiger partial charge in [-0.3, -0.25) is 4.79 Å². The first-order valence-electron chi connectivity index (χ1n) is 6.28. The maximum Gasteiger partial charge on any atom is 0.332 e. The Balaban J connectivity index is 2.28. The fraction of sp³-hybridized carbons (Fsp3) is 0.818. The predicted molar refractivity (Wildman–Crippen MR) is 70.8 cm³/mol. The van der Waals surface area contributed by atoms with Crippen molar-refractivity contribution in [2.45, 2.75) is 37.5 Å². The van der Waals surface area contributed by atoms with E-state index >= 15 is 0 Å². The van der Waals surface area contributed by atoms with Crippen LogP contribution in [0.1, 0.15) is 19.3 Å². The molecule has 20 heavy (non-hydrogen) atoms. The van der Waals surface area contributed by atoms with Crippen molar-refractivity contribution in [2.24, 2.45) is 5.73 Å². The van der Waals surface area contributed by atoms with Crippen LogP contribution in [0.5, 0.6) is 0 Å². The summed E-state index contributed by atoms with van der Waals surface area (Å²) in [6.07, 6.45) is 0.925. The standard InChI is InChI=1S/C11H20N2O6S/c1-20(17,18)5-4-8(12)10(14)13-6-7-2-3-9(19-7)11(15)16/h7-9H,2-6,12H2,1H3,(H,13,14)(H,15,16). The van der Waals surface area contributed by atoms with Gasteiger partial charge in [-0.25, -0.2) is 13.2 Å². The van der Waals surface area contributed by atoms with E-state index in [2.05, 4.69) is 5.32 Å². The monoisotopic (exact) mass is 308 g/mol. The molecule has 1 aliphatic heterocycles. The fourth-order valence-electron chi connectivity index (χ4n) is 1.86. The third-order valence-electron chi connectivity index (χ3n) is 3.02. The first kappa shape index (κ1) is 16.9. The Hall–Kier alpha value is -1.19. The minimum Gasteiger partial charge on any atom is -0.479 e. The zero-order chi connectivity index (χ0) is 15.3. The molecule has 0 spiro atoms. The maximum absolute atomic E-state index is 11.6. The van der Waals surface area contributed by atoms with Crippen LogP contribution in [0.4, 0.5) is 0 Å². The van der Waals surface area contributed by atoms with E-state index in [1.807, 2.05) is 0 Å². The Kier molecular flexibility index (Phi) is 5.90. The molecular formula is C11H20N2O6S. The number of nitrogens with two attached hydrogens (primary N) is 1. The van der Waals surface area contributed by atoms with E-state index in [1.54, 1.807) is 0 Å². The summed E-state index contributed by atoms with van der Waals surface area (Å²) in [5, 5.41) is 11.3. The molecule has 9 heteroatoms. The summed E-state index contributed by atoms with van der Waals surface area (Å²) in [6, 6.07) is -0.901. The van der Waals surface area contributed by atoms with Crippen LogP contribution in [0.3, 0.4) is 0 Å². The van der Waals surface area contributed by atoms with Gasteiger partial charge in [0, 0.05) is 12.8 Å². The molecule has 0 radical (unpaired) electrons. The van der Waals surface area contributed by atoms with E-state index in [4.69, 9.17) is 15.6 Å². The first-order chi connectivity index (χ1) is 9.19. The SMILES string of the molecule is CS(=O)(=O)CCC(N)C(=O)NCC1CCC(C(=O)O)O1. The lowest BCUT2D eigenvalue weighted by Gasteiger charge is -2.15. The maximum atomic E-state index is 11.6. The lowest BCUT2D eigenvalue weighted by Crippen LogP contribution is -2.44. The molecule has 0 aromatic carbocycles. The Morgan fingerprint density at radius 3 is 2.60 bits per heavy atom. The molecule has 3 atom stereocenters. The minimum absolute atomic E-state index is 0.0495. The number of rotatable bonds is 7. The molecular weight excluding hydrogens is 288 g/mol. The molecule has 4 N–H and O–H groups in total.